The van der Waals surface area contributed by atoms with Gasteiger partial charge in [0.2, 0.25) is 0 Å². The average Bonchev–Trinajstić information content (AvgIpc) is 2.76. The van der Waals surface area contributed by atoms with Crippen molar-refractivity contribution in [1.29, 1.82) is 0 Å². The summed E-state index contributed by atoms with van der Waals surface area (Å²) in [6, 6.07) is 1.81. The van der Waals surface area contributed by atoms with Gasteiger partial charge in [0, 0.05) is 19.7 Å². The molecule has 0 aromatic carbocycles. The van der Waals surface area contributed by atoms with E-state index in [0.717, 1.165) is 12.4 Å². The van der Waals surface area contributed by atoms with Crippen molar-refractivity contribution < 1.29 is 4.74 Å². The standard InChI is InChI=1S/C11H14ClN5O/c1-3-13-9-4-11(16-10(15-9)7-18-2)17-6-8(12)5-14-17/h4-6H,3,7H2,1-2H3,(H,13,15,16). The summed E-state index contributed by atoms with van der Waals surface area (Å²) in [7, 11) is 1.60. The molecule has 0 amide bonds. The molecule has 0 spiro atoms. The second-order valence-electron chi connectivity index (χ2n) is 3.59. The molecule has 2 heterocycles. The number of hydrogen-bond acceptors (Lipinski definition) is 5. The maximum absolute atomic E-state index is 5.85. The predicted molar refractivity (Wildman–Crippen MR) is 69.0 cm³/mol. The lowest BCUT2D eigenvalue weighted by molar-refractivity contribution is 0.178. The zero-order chi connectivity index (χ0) is 13.0. The topological polar surface area (TPSA) is 64.9 Å². The second-order valence-corrected chi connectivity index (χ2v) is 4.03. The summed E-state index contributed by atoms with van der Waals surface area (Å²) >= 11 is 5.85. The van der Waals surface area contributed by atoms with E-state index in [0.29, 0.717) is 23.3 Å². The summed E-state index contributed by atoms with van der Waals surface area (Å²) in [5, 5.41) is 7.82. The molecule has 7 heteroatoms. The van der Waals surface area contributed by atoms with E-state index in [2.05, 4.69) is 20.4 Å². The molecule has 0 unspecified atom stereocenters. The Labute approximate surface area is 110 Å². The number of anilines is 1. The SMILES string of the molecule is CCNc1cc(-n2cc(Cl)cn2)nc(COC)n1. The van der Waals surface area contributed by atoms with Gasteiger partial charge in [0.1, 0.15) is 12.4 Å². The third kappa shape index (κ3) is 2.96. The van der Waals surface area contributed by atoms with Crippen molar-refractivity contribution in [1.82, 2.24) is 19.7 Å². The van der Waals surface area contributed by atoms with Gasteiger partial charge in [-0.25, -0.2) is 14.6 Å². The Hall–Kier alpha value is -1.66. The zero-order valence-corrected chi connectivity index (χ0v) is 11.0. The molecule has 2 rings (SSSR count). The third-order valence-electron chi connectivity index (χ3n) is 2.18. The number of halogens is 1. The lowest BCUT2D eigenvalue weighted by Crippen LogP contribution is -2.08. The number of methoxy groups -OCH3 is 1. The lowest BCUT2D eigenvalue weighted by Gasteiger charge is -2.08. The number of ether oxygens (including phenoxy) is 1. The van der Waals surface area contributed by atoms with Gasteiger partial charge in [-0.15, -0.1) is 0 Å². The molecule has 2 aromatic heterocycles. The Morgan fingerprint density at radius 2 is 2.28 bits per heavy atom. The van der Waals surface area contributed by atoms with Gasteiger partial charge >= 0.3 is 0 Å². The highest BCUT2D eigenvalue weighted by molar-refractivity contribution is 6.30. The molecular formula is C11H14ClN5O. The minimum Gasteiger partial charge on any atom is -0.377 e. The van der Waals surface area contributed by atoms with Crippen molar-refractivity contribution in [2.45, 2.75) is 13.5 Å². The molecule has 0 aliphatic rings. The fraction of sp³-hybridized carbons (Fsp3) is 0.364. The Morgan fingerprint density at radius 1 is 1.44 bits per heavy atom. The molecule has 6 nitrogen and oxygen atoms in total. The second kappa shape index (κ2) is 5.79. The Bertz CT molecular complexity index is 504. The van der Waals surface area contributed by atoms with Crippen molar-refractivity contribution in [3.63, 3.8) is 0 Å². The van der Waals surface area contributed by atoms with E-state index in [-0.39, 0.29) is 0 Å². The first kappa shape index (κ1) is 12.8. The maximum atomic E-state index is 5.85. The van der Waals surface area contributed by atoms with E-state index in [1.807, 2.05) is 13.0 Å². The van der Waals surface area contributed by atoms with Crippen LogP contribution in [0.5, 0.6) is 0 Å². The molecule has 0 fully saturated rings. The van der Waals surface area contributed by atoms with E-state index in [4.69, 9.17) is 16.3 Å². The van der Waals surface area contributed by atoms with Crippen molar-refractivity contribution >= 4 is 17.4 Å². The first-order valence-corrected chi connectivity index (χ1v) is 5.92. The van der Waals surface area contributed by atoms with E-state index < -0.39 is 0 Å². The summed E-state index contributed by atoms with van der Waals surface area (Å²) in [4.78, 5) is 8.68. The minimum absolute atomic E-state index is 0.348. The first-order chi connectivity index (χ1) is 8.72. The van der Waals surface area contributed by atoms with Crippen LogP contribution in [0.2, 0.25) is 5.02 Å². The van der Waals surface area contributed by atoms with Gasteiger partial charge in [-0.2, -0.15) is 5.10 Å². The van der Waals surface area contributed by atoms with Gasteiger partial charge in [-0.1, -0.05) is 11.6 Å². The van der Waals surface area contributed by atoms with E-state index in [9.17, 15) is 0 Å². The van der Waals surface area contributed by atoms with Crippen molar-refractivity contribution in [2.75, 3.05) is 19.0 Å². The molecule has 96 valence electrons. The first-order valence-electron chi connectivity index (χ1n) is 5.54. The Kier molecular flexibility index (Phi) is 4.11. The molecule has 0 saturated carbocycles. The Morgan fingerprint density at radius 3 is 2.89 bits per heavy atom. The van der Waals surface area contributed by atoms with Gasteiger partial charge in [0.05, 0.1) is 17.4 Å². The van der Waals surface area contributed by atoms with E-state index in [1.54, 1.807) is 24.2 Å². The lowest BCUT2D eigenvalue weighted by atomic mass is 10.4. The summed E-state index contributed by atoms with van der Waals surface area (Å²) in [5.74, 6) is 1.98. The average molecular weight is 268 g/mol. The molecule has 0 saturated heterocycles. The highest BCUT2D eigenvalue weighted by atomic mass is 35.5. The minimum atomic E-state index is 0.348. The van der Waals surface area contributed by atoms with Gasteiger partial charge in [0.25, 0.3) is 0 Å². The maximum Gasteiger partial charge on any atom is 0.159 e. The van der Waals surface area contributed by atoms with Crippen LogP contribution in [0, 0.1) is 0 Å². The van der Waals surface area contributed by atoms with Crippen LogP contribution in [-0.2, 0) is 11.3 Å². The highest BCUT2D eigenvalue weighted by Crippen LogP contribution is 2.14. The molecular weight excluding hydrogens is 254 g/mol. The fourth-order valence-electron chi connectivity index (χ4n) is 1.49. The smallest absolute Gasteiger partial charge is 0.159 e. The van der Waals surface area contributed by atoms with Crippen molar-refractivity contribution in [3.05, 3.63) is 29.3 Å². The van der Waals surface area contributed by atoms with Crippen LogP contribution in [0.4, 0.5) is 5.82 Å². The van der Waals surface area contributed by atoms with E-state index >= 15 is 0 Å². The zero-order valence-electron chi connectivity index (χ0n) is 10.2. The van der Waals surface area contributed by atoms with Gasteiger partial charge in [0.15, 0.2) is 11.6 Å². The number of rotatable bonds is 5. The quantitative estimate of drug-likeness (QED) is 0.896. The molecule has 2 aromatic rings. The van der Waals surface area contributed by atoms with Crippen LogP contribution >= 0.6 is 11.6 Å². The number of hydrogen-bond donors (Lipinski definition) is 1. The predicted octanol–water partition coefficient (Wildman–Crippen LogP) is 1.89. The van der Waals surface area contributed by atoms with Crippen LogP contribution in [-0.4, -0.2) is 33.4 Å². The Balaban J connectivity index is 2.39. The molecule has 0 radical (unpaired) electrons. The van der Waals surface area contributed by atoms with Gasteiger partial charge in [-0.3, -0.25) is 0 Å². The third-order valence-corrected chi connectivity index (χ3v) is 2.37. The fourth-order valence-corrected chi connectivity index (χ4v) is 1.63. The number of aromatic nitrogens is 4. The monoisotopic (exact) mass is 267 g/mol. The summed E-state index contributed by atoms with van der Waals surface area (Å²) < 4.78 is 6.65. The van der Waals surface area contributed by atoms with Crippen molar-refractivity contribution in [3.8, 4) is 5.82 Å². The summed E-state index contributed by atoms with van der Waals surface area (Å²) in [6.07, 6.45) is 3.25. The molecule has 0 atom stereocenters. The van der Waals surface area contributed by atoms with Crippen LogP contribution in [0.15, 0.2) is 18.5 Å². The molecule has 1 N–H and O–H groups in total. The van der Waals surface area contributed by atoms with Crippen LogP contribution in [0.1, 0.15) is 12.7 Å². The van der Waals surface area contributed by atoms with E-state index in [1.165, 1.54) is 0 Å². The highest BCUT2D eigenvalue weighted by Gasteiger charge is 2.07. The number of nitrogens with one attached hydrogen (secondary N) is 1. The normalized spacial score (nSPS) is 10.6. The molecule has 18 heavy (non-hydrogen) atoms. The van der Waals surface area contributed by atoms with Crippen LogP contribution in [0.25, 0.3) is 5.82 Å². The largest absolute Gasteiger partial charge is 0.377 e. The van der Waals surface area contributed by atoms with Gasteiger partial charge in [-0.05, 0) is 6.92 Å². The van der Waals surface area contributed by atoms with Crippen LogP contribution < -0.4 is 5.32 Å². The molecule has 0 aliphatic carbocycles. The van der Waals surface area contributed by atoms with Gasteiger partial charge < -0.3 is 10.1 Å². The van der Waals surface area contributed by atoms with Crippen LogP contribution in [0.3, 0.4) is 0 Å². The molecule has 0 bridgehead atoms. The molecule has 0 aliphatic heterocycles. The number of nitrogens with zero attached hydrogens (tertiary/aromatic N) is 4. The summed E-state index contributed by atoms with van der Waals surface area (Å²) in [6.45, 7) is 3.13. The van der Waals surface area contributed by atoms with Crippen molar-refractivity contribution in [2.24, 2.45) is 0 Å². The summed E-state index contributed by atoms with van der Waals surface area (Å²) in [5.41, 5.74) is 0.